The van der Waals surface area contributed by atoms with Crippen molar-refractivity contribution in [2.24, 2.45) is 0 Å². The average Bonchev–Trinajstić information content (AvgIpc) is 3.04. The van der Waals surface area contributed by atoms with Crippen molar-refractivity contribution in [1.82, 2.24) is 14.7 Å². The van der Waals surface area contributed by atoms with E-state index < -0.39 is 0 Å². The van der Waals surface area contributed by atoms with Gasteiger partial charge in [0.1, 0.15) is 5.56 Å². The molecule has 1 amide bonds. The van der Waals surface area contributed by atoms with Crippen LogP contribution >= 0.6 is 11.3 Å². The van der Waals surface area contributed by atoms with Gasteiger partial charge in [0.15, 0.2) is 4.96 Å². The molecule has 1 atom stereocenters. The molecule has 0 unspecified atom stereocenters. The first-order valence-electron chi connectivity index (χ1n) is 9.77. The highest BCUT2D eigenvalue weighted by atomic mass is 32.1. The lowest BCUT2D eigenvalue weighted by atomic mass is 9.96. The molecule has 0 saturated heterocycles. The Morgan fingerprint density at radius 1 is 1.14 bits per heavy atom. The van der Waals surface area contributed by atoms with E-state index in [0.717, 1.165) is 42.5 Å². The first-order chi connectivity index (χ1) is 13.4. The zero-order valence-corrected chi connectivity index (χ0v) is 17.6. The normalized spacial score (nSPS) is 14.7. The summed E-state index contributed by atoms with van der Waals surface area (Å²) in [6.45, 7) is 8.14. The van der Waals surface area contributed by atoms with Crippen molar-refractivity contribution < 1.29 is 4.79 Å². The minimum Gasteiger partial charge on any atom is -0.345 e. The second-order valence-electron chi connectivity index (χ2n) is 7.76. The van der Waals surface area contributed by atoms with E-state index in [1.807, 2.05) is 13.8 Å². The molecule has 6 heteroatoms. The Balaban J connectivity index is 1.67. The maximum Gasteiger partial charge on any atom is 0.271 e. The van der Waals surface area contributed by atoms with Gasteiger partial charge in [0.25, 0.3) is 11.5 Å². The number of carbonyl (C=O) groups is 1. The fourth-order valence-electron chi connectivity index (χ4n) is 4.03. The van der Waals surface area contributed by atoms with E-state index in [1.165, 1.54) is 22.2 Å². The third-order valence-electron chi connectivity index (χ3n) is 5.74. The second kappa shape index (κ2) is 7.17. The standard InChI is InChI=1S/C22H25N3O2S/c1-12-9-14(3)16(10-13(12)2)15(4)24-20(26)17-11-23-22-25(21(17)27)18-7-5-6-8-19(18)28-22/h9-11,15H,5-8H2,1-4H3,(H,24,26)/t15-/m1/s1. The number of aryl methyl sites for hydroxylation is 5. The molecule has 0 saturated carbocycles. The maximum atomic E-state index is 13.1. The smallest absolute Gasteiger partial charge is 0.271 e. The summed E-state index contributed by atoms with van der Waals surface area (Å²) in [7, 11) is 0. The fraction of sp³-hybridized carbons (Fsp3) is 0.409. The van der Waals surface area contributed by atoms with Gasteiger partial charge in [-0.2, -0.15) is 0 Å². The van der Waals surface area contributed by atoms with E-state index in [0.29, 0.717) is 4.96 Å². The van der Waals surface area contributed by atoms with E-state index in [9.17, 15) is 9.59 Å². The number of thiazole rings is 1. The van der Waals surface area contributed by atoms with Crippen LogP contribution in [-0.4, -0.2) is 15.3 Å². The number of hydrogen-bond donors (Lipinski definition) is 1. The molecule has 3 aromatic rings. The van der Waals surface area contributed by atoms with Crippen molar-refractivity contribution >= 4 is 22.2 Å². The number of fused-ring (bicyclic) bond motifs is 3. The molecule has 146 valence electrons. The lowest BCUT2D eigenvalue weighted by molar-refractivity contribution is 0.0937. The predicted molar refractivity (Wildman–Crippen MR) is 113 cm³/mol. The Morgan fingerprint density at radius 2 is 1.86 bits per heavy atom. The molecule has 2 aromatic heterocycles. The van der Waals surface area contributed by atoms with E-state index in [4.69, 9.17) is 0 Å². The number of hydrogen-bond acceptors (Lipinski definition) is 4. The molecule has 5 nitrogen and oxygen atoms in total. The first kappa shape index (κ1) is 18.9. The highest BCUT2D eigenvalue weighted by Crippen LogP contribution is 2.28. The predicted octanol–water partition coefficient (Wildman–Crippen LogP) is 4.05. The van der Waals surface area contributed by atoms with Crippen LogP contribution < -0.4 is 10.9 Å². The van der Waals surface area contributed by atoms with Gasteiger partial charge < -0.3 is 5.32 Å². The first-order valence-corrected chi connectivity index (χ1v) is 10.6. The Morgan fingerprint density at radius 3 is 2.64 bits per heavy atom. The van der Waals surface area contributed by atoms with E-state index in [2.05, 4.69) is 36.3 Å². The molecule has 0 fully saturated rings. The third-order valence-corrected chi connectivity index (χ3v) is 6.90. The number of carbonyl (C=O) groups excluding carboxylic acids is 1. The summed E-state index contributed by atoms with van der Waals surface area (Å²) in [5, 5.41) is 2.99. The van der Waals surface area contributed by atoms with Crippen molar-refractivity contribution in [2.75, 3.05) is 0 Å². The molecule has 2 heterocycles. The van der Waals surface area contributed by atoms with Crippen LogP contribution in [0.1, 0.15) is 69.0 Å². The van der Waals surface area contributed by atoms with Crippen molar-refractivity contribution in [3.05, 3.63) is 67.1 Å². The van der Waals surface area contributed by atoms with E-state index in [1.54, 1.807) is 15.7 Å². The number of nitrogens with one attached hydrogen (secondary N) is 1. The molecule has 0 bridgehead atoms. The fourth-order valence-corrected chi connectivity index (χ4v) is 5.19. The van der Waals surface area contributed by atoms with Gasteiger partial charge in [-0.1, -0.05) is 12.1 Å². The summed E-state index contributed by atoms with van der Waals surface area (Å²) in [6, 6.07) is 4.05. The molecule has 1 N–H and O–H groups in total. The number of rotatable bonds is 3. The number of benzene rings is 1. The lowest BCUT2D eigenvalue weighted by Crippen LogP contribution is -2.33. The van der Waals surface area contributed by atoms with Crippen LogP contribution in [-0.2, 0) is 12.8 Å². The summed E-state index contributed by atoms with van der Waals surface area (Å²) in [5.74, 6) is -0.368. The van der Waals surface area contributed by atoms with E-state index >= 15 is 0 Å². The largest absolute Gasteiger partial charge is 0.345 e. The Labute approximate surface area is 168 Å². The molecule has 1 aliphatic rings. The molecule has 1 aliphatic carbocycles. The summed E-state index contributed by atoms with van der Waals surface area (Å²) in [5.41, 5.74) is 5.51. The minimum absolute atomic E-state index is 0.108. The maximum absolute atomic E-state index is 13.1. The van der Waals surface area contributed by atoms with Crippen molar-refractivity contribution in [3.8, 4) is 0 Å². The van der Waals surface area contributed by atoms with Crippen LogP contribution in [0, 0.1) is 20.8 Å². The second-order valence-corrected chi connectivity index (χ2v) is 8.82. The van der Waals surface area contributed by atoms with Crippen LogP contribution in [0.25, 0.3) is 4.96 Å². The zero-order chi connectivity index (χ0) is 20.0. The van der Waals surface area contributed by atoms with Crippen LogP contribution in [0.15, 0.2) is 23.1 Å². The Bertz CT molecular complexity index is 1140. The highest BCUT2D eigenvalue weighted by Gasteiger charge is 2.22. The van der Waals surface area contributed by atoms with Crippen molar-refractivity contribution in [3.63, 3.8) is 0 Å². The number of aromatic nitrogens is 2. The summed E-state index contributed by atoms with van der Waals surface area (Å²) < 4.78 is 1.65. The van der Waals surface area contributed by atoms with Crippen LogP contribution in [0.4, 0.5) is 0 Å². The quantitative estimate of drug-likeness (QED) is 0.728. The molecular weight excluding hydrogens is 370 g/mol. The Kier molecular flexibility index (Phi) is 4.83. The minimum atomic E-state index is -0.368. The monoisotopic (exact) mass is 395 g/mol. The van der Waals surface area contributed by atoms with Gasteiger partial charge in [0.2, 0.25) is 0 Å². The van der Waals surface area contributed by atoms with E-state index in [-0.39, 0.29) is 23.1 Å². The lowest BCUT2D eigenvalue weighted by Gasteiger charge is -2.18. The van der Waals surface area contributed by atoms with Gasteiger partial charge in [-0.3, -0.25) is 14.0 Å². The number of nitrogens with zero attached hydrogens (tertiary/aromatic N) is 2. The van der Waals surface area contributed by atoms with Gasteiger partial charge in [0, 0.05) is 16.8 Å². The molecule has 28 heavy (non-hydrogen) atoms. The topological polar surface area (TPSA) is 63.5 Å². The molecule has 4 rings (SSSR count). The molecule has 0 radical (unpaired) electrons. The van der Waals surface area contributed by atoms with Crippen LogP contribution in [0.5, 0.6) is 0 Å². The van der Waals surface area contributed by atoms with Crippen LogP contribution in [0.2, 0.25) is 0 Å². The molecule has 0 spiro atoms. The number of amides is 1. The Hall–Kier alpha value is -2.47. The van der Waals surface area contributed by atoms with Gasteiger partial charge >= 0.3 is 0 Å². The highest BCUT2D eigenvalue weighted by molar-refractivity contribution is 7.17. The molecule has 1 aromatic carbocycles. The SMILES string of the molecule is Cc1cc(C)c([C@@H](C)NC(=O)c2cnc3sc4c(n3c2=O)CCCC4)cc1C. The van der Waals surface area contributed by atoms with Gasteiger partial charge in [-0.25, -0.2) is 4.98 Å². The van der Waals surface area contributed by atoms with Crippen molar-refractivity contribution in [1.29, 1.82) is 0 Å². The van der Waals surface area contributed by atoms with Crippen LogP contribution in [0.3, 0.4) is 0 Å². The van der Waals surface area contributed by atoms with Crippen molar-refractivity contribution in [2.45, 2.75) is 59.4 Å². The van der Waals surface area contributed by atoms with Gasteiger partial charge in [-0.05, 0) is 75.6 Å². The molecular formula is C22H25N3O2S. The zero-order valence-electron chi connectivity index (χ0n) is 16.8. The summed E-state index contributed by atoms with van der Waals surface area (Å²) in [4.78, 5) is 32.3. The third kappa shape index (κ3) is 3.15. The summed E-state index contributed by atoms with van der Waals surface area (Å²) >= 11 is 1.57. The van der Waals surface area contributed by atoms with Gasteiger partial charge in [-0.15, -0.1) is 11.3 Å². The molecule has 0 aliphatic heterocycles. The average molecular weight is 396 g/mol. The van der Waals surface area contributed by atoms with Gasteiger partial charge in [0.05, 0.1) is 6.04 Å². The summed E-state index contributed by atoms with van der Waals surface area (Å²) in [6.07, 6.45) is 5.52.